The minimum atomic E-state index is 0.167. The minimum Gasteiger partial charge on any atom is -0.493 e. The number of nitrogen functional groups attached to an aromatic ring is 1. The summed E-state index contributed by atoms with van der Waals surface area (Å²) in [6.07, 6.45) is 3.97. The van der Waals surface area contributed by atoms with Gasteiger partial charge in [0.05, 0.1) is 12.8 Å². The fraction of sp³-hybridized carbons (Fsp3) is 0.500. The Hall–Kier alpha value is -2.54. The van der Waals surface area contributed by atoms with Crippen LogP contribution in [0.2, 0.25) is 0 Å². The summed E-state index contributed by atoms with van der Waals surface area (Å²) in [6.45, 7) is 1.75. The van der Waals surface area contributed by atoms with Crippen molar-refractivity contribution < 1.29 is 9.47 Å². The van der Waals surface area contributed by atoms with Gasteiger partial charge in [-0.15, -0.1) is 0 Å². The van der Waals surface area contributed by atoms with Crippen LogP contribution in [0.1, 0.15) is 37.3 Å². The van der Waals surface area contributed by atoms with Gasteiger partial charge in [0.2, 0.25) is 5.95 Å². The van der Waals surface area contributed by atoms with E-state index < -0.39 is 0 Å². The molecule has 2 fully saturated rings. The van der Waals surface area contributed by atoms with Crippen LogP contribution in [0.25, 0.3) is 0 Å². The number of para-hydroxylation sites is 2. The number of methoxy groups -OCH3 is 1. The molecular weight excluding hydrogens is 342 g/mol. The zero-order chi connectivity index (χ0) is 18.8. The molecule has 2 aromatic rings. The van der Waals surface area contributed by atoms with Crippen molar-refractivity contribution in [2.75, 3.05) is 30.8 Å². The Labute approximate surface area is 159 Å². The summed E-state index contributed by atoms with van der Waals surface area (Å²) in [4.78, 5) is 11.1. The maximum Gasteiger partial charge on any atom is 0.222 e. The molecule has 0 bridgehead atoms. The van der Waals surface area contributed by atoms with Gasteiger partial charge in [0.1, 0.15) is 11.9 Å². The standard InChI is InChI=1S/C20H27N5O2/c1-26-17-4-2-3-5-18(17)27-15-6-8-25(9-7-15)19-12-16(23-20(22)24-19)13-10-14(21)11-13/h2-5,12-15H,6-11,21H2,1H3,(H2,22,23,24). The molecule has 0 atom stereocenters. The first-order valence-corrected chi connectivity index (χ1v) is 9.57. The zero-order valence-corrected chi connectivity index (χ0v) is 15.7. The monoisotopic (exact) mass is 369 g/mol. The lowest BCUT2D eigenvalue weighted by Gasteiger charge is -2.35. The number of piperidine rings is 1. The number of hydrogen-bond donors (Lipinski definition) is 2. The Balaban J connectivity index is 1.39. The van der Waals surface area contributed by atoms with E-state index in [1.165, 1.54) is 0 Å². The van der Waals surface area contributed by atoms with Crippen molar-refractivity contribution in [3.8, 4) is 11.5 Å². The molecule has 7 heteroatoms. The van der Waals surface area contributed by atoms with Crippen LogP contribution in [-0.4, -0.2) is 42.3 Å². The molecule has 1 aromatic carbocycles. The first-order valence-electron chi connectivity index (χ1n) is 9.57. The predicted molar refractivity (Wildman–Crippen MR) is 105 cm³/mol. The molecule has 2 heterocycles. The Kier molecular flexibility index (Phi) is 5.03. The Morgan fingerprint density at radius 1 is 1.07 bits per heavy atom. The van der Waals surface area contributed by atoms with Gasteiger partial charge in [-0.2, -0.15) is 4.98 Å². The van der Waals surface area contributed by atoms with Crippen molar-refractivity contribution in [1.29, 1.82) is 0 Å². The van der Waals surface area contributed by atoms with Gasteiger partial charge >= 0.3 is 0 Å². The molecule has 1 aromatic heterocycles. The van der Waals surface area contributed by atoms with Crippen LogP contribution in [0, 0.1) is 0 Å². The molecule has 144 valence electrons. The molecule has 0 unspecified atom stereocenters. The molecule has 0 amide bonds. The summed E-state index contributed by atoms with van der Waals surface area (Å²) in [7, 11) is 1.66. The molecule has 4 N–H and O–H groups in total. The van der Waals surface area contributed by atoms with E-state index in [0.717, 1.165) is 61.8 Å². The molecule has 27 heavy (non-hydrogen) atoms. The van der Waals surface area contributed by atoms with E-state index in [9.17, 15) is 0 Å². The topological polar surface area (TPSA) is 99.5 Å². The first kappa shape index (κ1) is 17.9. The van der Waals surface area contributed by atoms with Gasteiger partial charge in [-0.05, 0) is 25.0 Å². The predicted octanol–water partition coefficient (Wildman–Crippen LogP) is 2.32. The van der Waals surface area contributed by atoms with E-state index in [4.69, 9.17) is 20.9 Å². The van der Waals surface area contributed by atoms with Gasteiger partial charge in [-0.25, -0.2) is 4.98 Å². The highest BCUT2D eigenvalue weighted by atomic mass is 16.5. The first-order chi connectivity index (χ1) is 13.1. The highest BCUT2D eigenvalue weighted by molar-refractivity contribution is 5.45. The SMILES string of the molecule is COc1ccccc1OC1CCN(c2cc(C3CC(N)C3)nc(N)n2)CC1. The third-order valence-electron chi connectivity index (χ3n) is 5.47. The Bertz CT molecular complexity index is 786. The summed E-state index contributed by atoms with van der Waals surface area (Å²) in [5, 5.41) is 0. The van der Waals surface area contributed by atoms with E-state index in [1.54, 1.807) is 7.11 Å². The average molecular weight is 369 g/mol. The molecule has 1 aliphatic heterocycles. The number of anilines is 2. The maximum atomic E-state index is 6.16. The molecule has 1 saturated heterocycles. The molecule has 1 saturated carbocycles. The molecule has 0 radical (unpaired) electrons. The van der Waals surface area contributed by atoms with Gasteiger partial charge in [0, 0.05) is 44.0 Å². The summed E-state index contributed by atoms with van der Waals surface area (Å²) >= 11 is 0. The highest BCUT2D eigenvalue weighted by Gasteiger charge is 2.30. The summed E-state index contributed by atoms with van der Waals surface area (Å²) < 4.78 is 11.5. The van der Waals surface area contributed by atoms with Gasteiger partial charge in [-0.1, -0.05) is 12.1 Å². The van der Waals surface area contributed by atoms with Gasteiger partial charge in [-0.3, -0.25) is 0 Å². The lowest BCUT2D eigenvalue weighted by molar-refractivity contribution is 0.164. The largest absolute Gasteiger partial charge is 0.493 e. The summed E-state index contributed by atoms with van der Waals surface area (Å²) in [5.41, 5.74) is 12.9. The maximum absolute atomic E-state index is 6.16. The van der Waals surface area contributed by atoms with Crippen molar-refractivity contribution in [2.24, 2.45) is 5.73 Å². The van der Waals surface area contributed by atoms with Crippen molar-refractivity contribution in [3.63, 3.8) is 0 Å². The second kappa shape index (κ2) is 7.60. The van der Waals surface area contributed by atoms with Crippen LogP contribution in [0.4, 0.5) is 11.8 Å². The van der Waals surface area contributed by atoms with Crippen LogP contribution in [0.5, 0.6) is 11.5 Å². The van der Waals surface area contributed by atoms with Crippen LogP contribution in [0.3, 0.4) is 0 Å². The molecular formula is C20H27N5O2. The van der Waals surface area contributed by atoms with Crippen molar-refractivity contribution in [1.82, 2.24) is 9.97 Å². The van der Waals surface area contributed by atoms with E-state index in [-0.39, 0.29) is 12.1 Å². The second-order valence-electron chi connectivity index (χ2n) is 7.39. The van der Waals surface area contributed by atoms with E-state index >= 15 is 0 Å². The quantitative estimate of drug-likeness (QED) is 0.834. The van der Waals surface area contributed by atoms with Gasteiger partial charge in [0.15, 0.2) is 11.5 Å². The lowest BCUT2D eigenvalue weighted by Crippen LogP contribution is -2.39. The van der Waals surface area contributed by atoms with Crippen LogP contribution < -0.4 is 25.8 Å². The lowest BCUT2D eigenvalue weighted by atomic mass is 9.78. The Morgan fingerprint density at radius 3 is 2.44 bits per heavy atom. The van der Waals surface area contributed by atoms with Crippen molar-refractivity contribution in [3.05, 3.63) is 36.0 Å². The Morgan fingerprint density at radius 2 is 1.78 bits per heavy atom. The number of nitrogens with two attached hydrogens (primary N) is 2. The number of benzene rings is 1. The summed E-state index contributed by atoms with van der Waals surface area (Å²) in [5.74, 6) is 3.24. The fourth-order valence-corrected chi connectivity index (χ4v) is 3.84. The number of ether oxygens (including phenoxy) is 2. The minimum absolute atomic E-state index is 0.167. The number of nitrogens with zero attached hydrogens (tertiary/aromatic N) is 3. The number of hydrogen-bond acceptors (Lipinski definition) is 7. The van der Waals surface area contributed by atoms with Crippen molar-refractivity contribution in [2.45, 2.75) is 43.7 Å². The zero-order valence-electron chi connectivity index (χ0n) is 15.7. The second-order valence-corrected chi connectivity index (χ2v) is 7.39. The van der Waals surface area contributed by atoms with E-state index in [2.05, 4.69) is 20.9 Å². The van der Waals surface area contributed by atoms with E-state index in [1.807, 2.05) is 24.3 Å². The van der Waals surface area contributed by atoms with Crippen LogP contribution in [-0.2, 0) is 0 Å². The van der Waals surface area contributed by atoms with Gasteiger partial charge < -0.3 is 25.8 Å². The van der Waals surface area contributed by atoms with Crippen LogP contribution in [0.15, 0.2) is 30.3 Å². The van der Waals surface area contributed by atoms with E-state index in [0.29, 0.717) is 11.9 Å². The average Bonchev–Trinajstić information content (AvgIpc) is 2.66. The highest BCUT2D eigenvalue weighted by Crippen LogP contribution is 2.36. The smallest absolute Gasteiger partial charge is 0.222 e. The fourth-order valence-electron chi connectivity index (χ4n) is 3.84. The molecule has 4 rings (SSSR count). The normalized spacial score (nSPS) is 23.0. The van der Waals surface area contributed by atoms with Crippen LogP contribution >= 0.6 is 0 Å². The summed E-state index contributed by atoms with van der Waals surface area (Å²) in [6, 6.07) is 10.1. The van der Waals surface area contributed by atoms with Gasteiger partial charge in [0.25, 0.3) is 0 Å². The number of rotatable bonds is 5. The van der Waals surface area contributed by atoms with Crippen molar-refractivity contribution >= 4 is 11.8 Å². The number of aromatic nitrogens is 2. The third kappa shape index (κ3) is 3.93. The molecule has 7 nitrogen and oxygen atoms in total. The molecule has 0 spiro atoms. The molecule has 1 aliphatic carbocycles. The molecule has 2 aliphatic rings. The third-order valence-corrected chi connectivity index (χ3v) is 5.47.